The average molecular weight is 339 g/mol. The van der Waals surface area contributed by atoms with E-state index in [0.29, 0.717) is 5.69 Å². The first-order chi connectivity index (χ1) is 11.8. The Morgan fingerprint density at radius 2 is 2.29 bits per heavy atom. The highest BCUT2D eigenvalue weighted by molar-refractivity contribution is 7.07. The molecule has 3 heterocycles. The predicted octanol–water partition coefficient (Wildman–Crippen LogP) is 2.40. The van der Waals surface area contributed by atoms with Crippen molar-refractivity contribution in [2.24, 2.45) is 0 Å². The second-order valence-electron chi connectivity index (χ2n) is 5.64. The van der Waals surface area contributed by atoms with Crippen LogP contribution in [0.2, 0.25) is 0 Å². The van der Waals surface area contributed by atoms with Crippen LogP contribution < -0.4 is 10.6 Å². The summed E-state index contributed by atoms with van der Waals surface area (Å²) in [6.07, 6.45) is 2.68. The van der Waals surface area contributed by atoms with E-state index in [2.05, 4.69) is 25.2 Å². The van der Waals surface area contributed by atoms with Crippen LogP contribution in [0.1, 0.15) is 16.3 Å². The number of carbonyl (C=O) groups is 1. The zero-order valence-electron chi connectivity index (χ0n) is 13.0. The van der Waals surface area contributed by atoms with Crippen LogP contribution in [0.15, 0.2) is 41.4 Å². The van der Waals surface area contributed by atoms with Gasteiger partial charge in [-0.05, 0) is 12.1 Å². The Morgan fingerprint density at radius 1 is 1.33 bits per heavy atom. The molecule has 6 nitrogen and oxygen atoms in total. The summed E-state index contributed by atoms with van der Waals surface area (Å²) in [5, 5.41) is 8.24. The SMILES string of the molecule is O=C(Nc1cccc(-c2cscn2)c1)c1cn2c(n1)CCNCC2. The Hall–Kier alpha value is -2.51. The number of nitrogens with zero attached hydrogens (tertiary/aromatic N) is 3. The molecule has 3 aromatic rings. The maximum atomic E-state index is 12.5. The summed E-state index contributed by atoms with van der Waals surface area (Å²) in [6, 6.07) is 7.70. The molecule has 24 heavy (non-hydrogen) atoms. The van der Waals surface area contributed by atoms with Crippen molar-refractivity contribution >= 4 is 22.9 Å². The van der Waals surface area contributed by atoms with E-state index in [1.165, 1.54) is 0 Å². The molecule has 0 unspecified atom stereocenters. The number of benzene rings is 1. The van der Waals surface area contributed by atoms with E-state index in [9.17, 15) is 4.79 Å². The van der Waals surface area contributed by atoms with Gasteiger partial charge in [0.1, 0.15) is 11.5 Å². The summed E-state index contributed by atoms with van der Waals surface area (Å²) in [7, 11) is 0. The lowest BCUT2D eigenvalue weighted by atomic mass is 10.1. The lowest BCUT2D eigenvalue weighted by Gasteiger charge is -2.05. The van der Waals surface area contributed by atoms with Gasteiger partial charge in [0.2, 0.25) is 0 Å². The molecule has 2 aromatic heterocycles. The summed E-state index contributed by atoms with van der Waals surface area (Å²) in [5.41, 5.74) is 4.91. The van der Waals surface area contributed by atoms with Crippen LogP contribution in [-0.4, -0.2) is 33.5 Å². The Kier molecular flexibility index (Phi) is 4.10. The molecule has 0 saturated heterocycles. The molecule has 1 aliphatic heterocycles. The van der Waals surface area contributed by atoms with Gasteiger partial charge in [0.25, 0.3) is 5.91 Å². The summed E-state index contributed by atoms with van der Waals surface area (Å²) in [4.78, 5) is 21.3. The fourth-order valence-electron chi connectivity index (χ4n) is 2.79. The van der Waals surface area contributed by atoms with Crippen molar-refractivity contribution in [1.82, 2.24) is 19.9 Å². The number of fused-ring (bicyclic) bond motifs is 1. The zero-order valence-corrected chi connectivity index (χ0v) is 13.8. The third-order valence-corrected chi connectivity index (χ3v) is 4.58. The van der Waals surface area contributed by atoms with E-state index in [-0.39, 0.29) is 5.91 Å². The number of imidazole rings is 1. The first-order valence-electron chi connectivity index (χ1n) is 7.86. The van der Waals surface area contributed by atoms with Gasteiger partial charge in [-0.1, -0.05) is 12.1 Å². The normalized spacial score (nSPS) is 14.0. The van der Waals surface area contributed by atoms with E-state index in [1.807, 2.05) is 35.8 Å². The van der Waals surface area contributed by atoms with Crippen LogP contribution in [0, 0.1) is 0 Å². The highest BCUT2D eigenvalue weighted by atomic mass is 32.1. The molecule has 4 rings (SSSR count). The van der Waals surface area contributed by atoms with Gasteiger partial charge in [-0.15, -0.1) is 11.3 Å². The third-order valence-electron chi connectivity index (χ3n) is 4.00. The maximum absolute atomic E-state index is 12.5. The van der Waals surface area contributed by atoms with Crippen LogP contribution in [-0.2, 0) is 13.0 Å². The third kappa shape index (κ3) is 3.08. The first kappa shape index (κ1) is 15.0. The van der Waals surface area contributed by atoms with Crippen LogP contribution >= 0.6 is 11.3 Å². The fourth-order valence-corrected chi connectivity index (χ4v) is 3.35. The standard InChI is InChI=1S/C17H17N5OS/c23-17(14-9-22-7-6-18-5-4-16(22)21-14)20-13-3-1-2-12(8-13)15-10-24-11-19-15/h1-3,8-11,18H,4-7H2,(H,20,23). The van der Waals surface area contributed by atoms with Gasteiger partial charge >= 0.3 is 0 Å². The number of anilines is 1. The van der Waals surface area contributed by atoms with E-state index in [0.717, 1.165) is 48.8 Å². The average Bonchev–Trinajstić information content (AvgIpc) is 3.22. The van der Waals surface area contributed by atoms with E-state index in [4.69, 9.17) is 0 Å². The number of aromatic nitrogens is 3. The topological polar surface area (TPSA) is 71.8 Å². The molecule has 0 atom stereocenters. The molecular formula is C17H17N5OS. The van der Waals surface area contributed by atoms with Crippen LogP contribution in [0.5, 0.6) is 0 Å². The van der Waals surface area contributed by atoms with Crippen molar-refractivity contribution in [2.45, 2.75) is 13.0 Å². The highest BCUT2D eigenvalue weighted by Gasteiger charge is 2.16. The molecule has 0 bridgehead atoms. The monoisotopic (exact) mass is 339 g/mol. The molecular weight excluding hydrogens is 322 g/mol. The van der Waals surface area contributed by atoms with Gasteiger partial charge in [0.15, 0.2) is 0 Å². The second-order valence-corrected chi connectivity index (χ2v) is 6.36. The zero-order chi connectivity index (χ0) is 16.4. The van der Waals surface area contributed by atoms with Crippen molar-refractivity contribution in [1.29, 1.82) is 0 Å². The number of hydrogen-bond donors (Lipinski definition) is 2. The Balaban J connectivity index is 1.53. The Labute approximate surface area is 143 Å². The minimum absolute atomic E-state index is 0.182. The minimum atomic E-state index is -0.182. The summed E-state index contributed by atoms with van der Waals surface area (Å²) in [6.45, 7) is 2.64. The number of nitrogens with one attached hydrogen (secondary N) is 2. The van der Waals surface area contributed by atoms with E-state index < -0.39 is 0 Å². The van der Waals surface area contributed by atoms with E-state index in [1.54, 1.807) is 16.8 Å². The quantitative estimate of drug-likeness (QED) is 0.769. The van der Waals surface area contributed by atoms with Gasteiger partial charge in [0.05, 0.1) is 11.2 Å². The molecule has 122 valence electrons. The molecule has 0 aliphatic carbocycles. The summed E-state index contributed by atoms with van der Waals surface area (Å²) in [5.74, 6) is 0.778. The van der Waals surface area contributed by atoms with Crippen LogP contribution in [0.3, 0.4) is 0 Å². The lowest BCUT2D eigenvalue weighted by Crippen LogP contribution is -2.18. The molecule has 1 aliphatic rings. The summed E-state index contributed by atoms with van der Waals surface area (Å²) >= 11 is 1.55. The second kappa shape index (κ2) is 6.54. The van der Waals surface area contributed by atoms with Gasteiger partial charge in [-0.25, -0.2) is 9.97 Å². The van der Waals surface area contributed by atoms with Crippen molar-refractivity contribution < 1.29 is 4.79 Å². The molecule has 0 fully saturated rings. The van der Waals surface area contributed by atoms with E-state index >= 15 is 0 Å². The lowest BCUT2D eigenvalue weighted by molar-refractivity contribution is 0.102. The molecule has 2 N–H and O–H groups in total. The predicted molar refractivity (Wildman–Crippen MR) is 94.3 cm³/mol. The molecule has 1 aromatic carbocycles. The van der Waals surface area contributed by atoms with Crippen LogP contribution in [0.25, 0.3) is 11.3 Å². The number of hydrogen-bond acceptors (Lipinski definition) is 5. The van der Waals surface area contributed by atoms with Gasteiger partial charge in [-0.2, -0.15) is 0 Å². The number of rotatable bonds is 3. The fraction of sp³-hybridized carbons (Fsp3) is 0.235. The van der Waals surface area contributed by atoms with Gasteiger partial charge < -0.3 is 15.2 Å². The van der Waals surface area contributed by atoms with Crippen molar-refractivity contribution in [3.8, 4) is 11.3 Å². The number of carbonyl (C=O) groups excluding carboxylic acids is 1. The Bertz CT molecular complexity index is 832. The smallest absolute Gasteiger partial charge is 0.275 e. The largest absolute Gasteiger partial charge is 0.333 e. The first-order valence-corrected chi connectivity index (χ1v) is 8.80. The maximum Gasteiger partial charge on any atom is 0.275 e. The Morgan fingerprint density at radius 3 is 3.17 bits per heavy atom. The van der Waals surface area contributed by atoms with Gasteiger partial charge in [0, 0.05) is 48.9 Å². The molecule has 0 radical (unpaired) electrons. The van der Waals surface area contributed by atoms with Crippen molar-refractivity contribution in [2.75, 3.05) is 18.4 Å². The number of amides is 1. The highest BCUT2D eigenvalue weighted by Crippen LogP contribution is 2.22. The molecule has 7 heteroatoms. The molecule has 1 amide bonds. The molecule has 0 spiro atoms. The summed E-state index contributed by atoms with van der Waals surface area (Å²) < 4.78 is 2.06. The van der Waals surface area contributed by atoms with Crippen molar-refractivity contribution in [3.05, 3.63) is 52.9 Å². The van der Waals surface area contributed by atoms with Gasteiger partial charge in [-0.3, -0.25) is 4.79 Å². The van der Waals surface area contributed by atoms with Crippen molar-refractivity contribution in [3.63, 3.8) is 0 Å². The van der Waals surface area contributed by atoms with Crippen LogP contribution in [0.4, 0.5) is 5.69 Å². The minimum Gasteiger partial charge on any atom is -0.333 e. The molecule has 0 saturated carbocycles. The number of thiazole rings is 1.